The van der Waals surface area contributed by atoms with Crippen molar-refractivity contribution in [3.05, 3.63) is 11.6 Å². The Bertz CT molecular complexity index is 224. The number of unbranched alkanes of at least 4 members (excludes halogenated alkanes) is 1. The van der Waals surface area contributed by atoms with Gasteiger partial charge in [0.25, 0.3) is 0 Å². The molecule has 1 unspecified atom stereocenters. The van der Waals surface area contributed by atoms with Crippen molar-refractivity contribution in [1.82, 2.24) is 5.32 Å². The summed E-state index contributed by atoms with van der Waals surface area (Å²) in [5.74, 6) is -0.861. The summed E-state index contributed by atoms with van der Waals surface area (Å²) >= 11 is 0. The molecule has 0 aromatic rings. The van der Waals surface area contributed by atoms with E-state index in [4.69, 9.17) is 5.11 Å². The molecular formula is C13H25NO2. The quantitative estimate of drug-likeness (QED) is 0.595. The monoisotopic (exact) mass is 227 g/mol. The molecule has 0 aromatic heterocycles. The summed E-state index contributed by atoms with van der Waals surface area (Å²) < 4.78 is 0. The van der Waals surface area contributed by atoms with Crippen LogP contribution < -0.4 is 5.32 Å². The maximum Gasteiger partial charge on any atom is 0.328 e. The van der Waals surface area contributed by atoms with E-state index in [1.54, 1.807) is 0 Å². The topological polar surface area (TPSA) is 49.3 Å². The second kappa shape index (κ2) is 9.40. The lowest BCUT2D eigenvalue weighted by Crippen LogP contribution is -2.30. The first-order valence-corrected chi connectivity index (χ1v) is 6.23. The predicted molar refractivity (Wildman–Crippen MR) is 67.6 cm³/mol. The number of aliphatic carboxylic acids is 1. The Morgan fingerprint density at radius 2 is 2.00 bits per heavy atom. The van der Waals surface area contributed by atoms with E-state index in [1.165, 1.54) is 38.2 Å². The minimum Gasteiger partial charge on any atom is -0.478 e. The molecule has 0 aromatic carbocycles. The van der Waals surface area contributed by atoms with Gasteiger partial charge in [-0.15, -0.1) is 0 Å². The molecule has 0 saturated carbocycles. The molecule has 0 aliphatic rings. The lowest BCUT2D eigenvalue weighted by Gasteiger charge is -2.17. The summed E-state index contributed by atoms with van der Waals surface area (Å²) in [6, 6.07) is 0.530. The average molecular weight is 227 g/mol. The Labute approximate surface area is 98.9 Å². The van der Waals surface area contributed by atoms with E-state index in [1.807, 2.05) is 6.92 Å². The first-order chi connectivity index (χ1) is 7.60. The molecule has 2 N–H and O–H groups in total. The Balaban J connectivity index is 3.95. The number of carboxylic acids is 1. The van der Waals surface area contributed by atoms with Crippen molar-refractivity contribution in [2.75, 3.05) is 6.54 Å². The fourth-order valence-electron chi connectivity index (χ4n) is 1.71. The number of carbonyl (C=O) groups is 1. The van der Waals surface area contributed by atoms with Gasteiger partial charge in [-0.2, -0.15) is 0 Å². The van der Waals surface area contributed by atoms with Crippen molar-refractivity contribution in [1.29, 1.82) is 0 Å². The van der Waals surface area contributed by atoms with E-state index < -0.39 is 5.97 Å². The van der Waals surface area contributed by atoms with Crippen molar-refractivity contribution >= 4 is 5.97 Å². The lowest BCUT2D eigenvalue weighted by atomic mass is 10.0. The van der Waals surface area contributed by atoms with E-state index in [0.717, 1.165) is 5.57 Å². The van der Waals surface area contributed by atoms with Crippen molar-refractivity contribution in [3.63, 3.8) is 0 Å². The average Bonchev–Trinajstić information content (AvgIpc) is 2.21. The highest BCUT2D eigenvalue weighted by Gasteiger charge is 2.06. The van der Waals surface area contributed by atoms with Crippen molar-refractivity contribution in [2.24, 2.45) is 0 Å². The fourth-order valence-corrected chi connectivity index (χ4v) is 1.71. The smallest absolute Gasteiger partial charge is 0.328 e. The third-order valence-electron chi connectivity index (χ3n) is 2.58. The van der Waals surface area contributed by atoms with E-state index >= 15 is 0 Å². The van der Waals surface area contributed by atoms with Crippen molar-refractivity contribution in [2.45, 2.75) is 58.9 Å². The third-order valence-corrected chi connectivity index (χ3v) is 2.58. The largest absolute Gasteiger partial charge is 0.478 e. The van der Waals surface area contributed by atoms with E-state index in [2.05, 4.69) is 19.2 Å². The number of hydrogen-bond acceptors (Lipinski definition) is 2. The molecule has 0 heterocycles. The first-order valence-electron chi connectivity index (χ1n) is 6.23. The Morgan fingerprint density at radius 1 is 1.31 bits per heavy atom. The summed E-state index contributed by atoms with van der Waals surface area (Å²) in [5.41, 5.74) is 0.880. The molecule has 0 aliphatic carbocycles. The summed E-state index contributed by atoms with van der Waals surface area (Å²) in [6.45, 7) is 6.91. The van der Waals surface area contributed by atoms with Gasteiger partial charge in [0.15, 0.2) is 0 Å². The lowest BCUT2D eigenvalue weighted by molar-refractivity contribution is -0.131. The van der Waals surface area contributed by atoms with Crippen LogP contribution in [0.2, 0.25) is 0 Å². The summed E-state index contributed by atoms with van der Waals surface area (Å²) in [7, 11) is 0. The fraction of sp³-hybridized carbons (Fsp3) is 0.769. The van der Waals surface area contributed by atoms with Gasteiger partial charge in [-0.25, -0.2) is 4.79 Å². The summed E-state index contributed by atoms with van der Waals surface area (Å²) in [6.07, 6.45) is 7.25. The molecular weight excluding hydrogens is 202 g/mol. The van der Waals surface area contributed by atoms with Crippen LogP contribution in [0.25, 0.3) is 0 Å². The third kappa shape index (κ3) is 8.48. The van der Waals surface area contributed by atoms with E-state index in [-0.39, 0.29) is 0 Å². The van der Waals surface area contributed by atoms with Crippen LogP contribution in [-0.2, 0) is 4.79 Å². The molecule has 3 heteroatoms. The molecule has 94 valence electrons. The number of rotatable bonds is 9. The van der Waals surface area contributed by atoms with E-state index in [9.17, 15) is 4.79 Å². The maximum atomic E-state index is 10.4. The van der Waals surface area contributed by atoms with Gasteiger partial charge in [-0.05, 0) is 19.8 Å². The highest BCUT2D eigenvalue weighted by Crippen LogP contribution is 2.07. The van der Waals surface area contributed by atoms with Gasteiger partial charge >= 0.3 is 5.97 Å². The molecule has 0 bridgehead atoms. The van der Waals surface area contributed by atoms with Crippen LogP contribution in [0.4, 0.5) is 0 Å². The van der Waals surface area contributed by atoms with Crippen LogP contribution in [0.1, 0.15) is 52.9 Å². The highest BCUT2D eigenvalue weighted by atomic mass is 16.4. The zero-order valence-electron chi connectivity index (χ0n) is 10.8. The van der Waals surface area contributed by atoms with Crippen LogP contribution >= 0.6 is 0 Å². The molecule has 16 heavy (non-hydrogen) atoms. The minimum atomic E-state index is -0.861. The molecule has 0 fully saturated rings. The van der Waals surface area contributed by atoms with Gasteiger partial charge in [0.2, 0.25) is 0 Å². The zero-order valence-corrected chi connectivity index (χ0v) is 10.8. The number of hydrogen-bond donors (Lipinski definition) is 2. The van der Waals surface area contributed by atoms with Gasteiger partial charge in [0.1, 0.15) is 0 Å². The van der Waals surface area contributed by atoms with E-state index in [0.29, 0.717) is 12.6 Å². The van der Waals surface area contributed by atoms with Crippen LogP contribution in [0.3, 0.4) is 0 Å². The van der Waals surface area contributed by atoms with Crippen LogP contribution in [-0.4, -0.2) is 23.7 Å². The Kier molecular flexibility index (Phi) is 8.91. The SMILES string of the molecule is CCCCC(CCC)NCC(C)=CC(=O)O. The summed E-state index contributed by atoms with van der Waals surface area (Å²) in [5, 5.41) is 12.0. The second-order valence-corrected chi connectivity index (χ2v) is 4.34. The molecule has 0 aliphatic heterocycles. The normalized spacial score (nSPS) is 13.8. The molecule has 3 nitrogen and oxygen atoms in total. The summed E-state index contributed by atoms with van der Waals surface area (Å²) in [4.78, 5) is 10.4. The number of carboxylic acid groups (broad SMARTS) is 1. The molecule has 1 atom stereocenters. The van der Waals surface area contributed by atoms with Crippen LogP contribution in [0, 0.1) is 0 Å². The van der Waals surface area contributed by atoms with Gasteiger partial charge in [-0.3, -0.25) is 0 Å². The second-order valence-electron chi connectivity index (χ2n) is 4.34. The van der Waals surface area contributed by atoms with Crippen LogP contribution in [0.5, 0.6) is 0 Å². The van der Waals surface area contributed by atoms with Crippen molar-refractivity contribution in [3.8, 4) is 0 Å². The Morgan fingerprint density at radius 3 is 2.50 bits per heavy atom. The highest BCUT2D eigenvalue weighted by molar-refractivity contribution is 5.80. The predicted octanol–water partition coefficient (Wildman–Crippen LogP) is 2.97. The minimum absolute atomic E-state index is 0.530. The molecule has 0 saturated heterocycles. The maximum absolute atomic E-state index is 10.4. The van der Waals surface area contributed by atoms with Crippen molar-refractivity contribution < 1.29 is 9.90 Å². The standard InChI is InChI=1S/C13H25NO2/c1-4-6-8-12(7-5-2)14-10-11(3)9-13(15)16/h9,12,14H,4-8,10H2,1-3H3,(H,15,16). The molecule has 0 spiro atoms. The molecule has 0 rings (SSSR count). The zero-order chi connectivity index (χ0) is 12.4. The van der Waals surface area contributed by atoms with Gasteiger partial charge in [0, 0.05) is 18.7 Å². The van der Waals surface area contributed by atoms with Gasteiger partial charge in [-0.1, -0.05) is 38.7 Å². The number of nitrogens with one attached hydrogen (secondary N) is 1. The molecule has 0 amide bonds. The van der Waals surface area contributed by atoms with Gasteiger partial charge in [0.05, 0.1) is 0 Å². The van der Waals surface area contributed by atoms with Gasteiger partial charge < -0.3 is 10.4 Å². The molecule has 0 radical (unpaired) electrons. The Hall–Kier alpha value is -0.830. The van der Waals surface area contributed by atoms with Crippen LogP contribution in [0.15, 0.2) is 11.6 Å². The first kappa shape index (κ1) is 15.2.